The number of hydrogen-bond acceptors (Lipinski definition) is 3. The molecule has 0 bridgehead atoms. The largest absolute Gasteiger partial charge is 0.395 e. The second kappa shape index (κ2) is 9.98. The van der Waals surface area contributed by atoms with Crippen LogP contribution in [0, 0.1) is 18.8 Å². The van der Waals surface area contributed by atoms with Gasteiger partial charge in [-0.2, -0.15) is 0 Å². The van der Waals surface area contributed by atoms with Gasteiger partial charge >= 0.3 is 0 Å². The van der Waals surface area contributed by atoms with E-state index in [9.17, 15) is 4.79 Å². The van der Waals surface area contributed by atoms with Gasteiger partial charge in [-0.25, -0.2) is 0 Å². The SMILES string of the molecule is CCOCCCC(=O)Nc1cc(C)ccc1C#CCCO. The van der Waals surface area contributed by atoms with Crippen LogP contribution in [-0.2, 0) is 9.53 Å². The molecule has 2 N–H and O–H groups in total. The second-order valence-corrected chi connectivity index (χ2v) is 4.67. The van der Waals surface area contributed by atoms with Crippen molar-refractivity contribution in [2.75, 3.05) is 25.1 Å². The highest BCUT2D eigenvalue weighted by molar-refractivity contribution is 5.92. The van der Waals surface area contributed by atoms with Gasteiger partial charge in [0.1, 0.15) is 0 Å². The minimum absolute atomic E-state index is 0.0366. The average Bonchev–Trinajstić information content (AvgIpc) is 2.46. The zero-order valence-electron chi connectivity index (χ0n) is 12.7. The molecule has 0 aliphatic carbocycles. The van der Waals surface area contributed by atoms with E-state index >= 15 is 0 Å². The van der Waals surface area contributed by atoms with Crippen LogP contribution in [0.4, 0.5) is 5.69 Å². The molecule has 114 valence electrons. The molecule has 1 aromatic rings. The maximum atomic E-state index is 11.9. The van der Waals surface area contributed by atoms with Crippen LogP contribution in [0.15, 0.2) is 18.2 Å². The summed E-state index contributed by atoms with van der Waals surface area (Å²) in [6.07, 6.45) is 1.56. The summed E-state index contributed by atoms with van der Waals surface area (Å²) < 4.78 is 5.22. The van der Waals surface area contributed by atoms with E-state index < -0.39 is 0 Å². The van der Waals surface area contributed by atoms with Crippen molar-refractivity contribution in [3.8, 4) is 11.8 Å². The van der Waals surface area contributed by atoms with Crippen LogP contribution in [-0.4, -0.2) is 30.8 Å². The minimum atomic E-state index is -0.0366. The van der Waals surface area contributed by atoms with E-state index in [2.05, 4.69) is 17.2 Å². The van der Waals surface area contributed by atoms with E-state index in [4.69, 9.17) is 9.84 Å². The first-order chi connectivity index (χ1) is 10.2. The van der Waals surface area contributed by atoms with Crippen LogP contribution in [0.2, 0.25) is 0 Å². The van der Waals surface area contributed by atoms with Gasteiger partial charge in [0.2, 0.25) is 5.91 Å². The topological polar surface area (TPSA) is 58.6 Å². The van der Waals surface area contributed by atoms with E-state index in [0.29, 0.717) is 32.5 Å². The Balaban J connectivity index is 2.66. The standard InChI is InChI=1S/C17H23NO3/c1-3-21-12-6-8-17(20)18-16-13-14(2)9-10-15(16)7-4-5-11-19/h9-10,13,19H,3,5-6,8,11-12H2,1-2H3,(H,18,20). The molecule has 0 atom stereocenters. The predicted molar refractivity (Wildman–Crippen MR) is 84.1 cm³/mol. The monoisotopic (exact) mass is 289 g/mol. The number of rotatable bonds is 7. The Labute approximate surface area is 126 Å². The normalized spacial score (nSPS) is 9.86. The Hall–Kier alpha value is -1.83. The van der Waals surface area contributed by atoms with Gasteiger partial charge in [-0.15, -0.1) is 0 Å². The van der Waals surface area contributed by atoms with Crippen molar-refractivity contribution in [3.05, 3.63) is 29.3 Å². The van der Waals surface area contributed by atoms with Crippen LogP contribution in [0.25, 0.3) is 0 Å². The average molecular weight is 289 g/mol. The van der Waals surface area contributed by atoms with Crippen LogP contribution < -0.4 is 5.32 Å². The summed E-state index contributed by atoms with van der Waals surface area (Å²) in [5.74, 6) is 5.81. The van der Waals surface area contributed by atoms with Gasteiger partial charge in [-0.05, 0) is 38.0 Å². The number of benzene rings is 1. The zero-order chi connectivity index (χ0) is 15.5. The van der Waals surface area contributed by atoms with Crippen molar-refractivity contribution >= 4 is 11.6 Å². The minimum Gasteiger partial charge on any atom is -0.395 e. The van der Waals surface area contributed by atoms with Crippen LogP contribution in [0.3, 0.4) is 0 Å². The van der Waals surface area contributed by atoms with Crippen molar-refractivity contribution in [1.29, 1.82) is 0 Å². The molecule has 1 amide bonds. The molecule has 1 rings (SSSR count). The van der Waals surface area contributed by atoms with E-state index in [0.717, 1.165) is 16.8 Å². The molecule has 0 saturated carbocycles. The summed E-state index contributed by atoms with van der Waals surface area (Å²) in [5.41, 5.74) is 2.56. The Morgan fingerprint density at radius 2 is 2.24 bits per heavy atom. The van der Waals surface area contributed by atoms with E-state index in [-0.39, 0.29) is 12.5 Å². The third kappa shape index (κ3) is 6.94. The molecule has 4 nitrogen and oxygen atoms in total. The van der Waals surface area contributed by atoms with Crippen molar-refractivity contribution in [2.45, 2.75) is 33.1 Å². The Bertz CT molecular complexity index is 515. The molecule has 1 aromatic carbocycles. The Morgan fingerprint density at radius 1 is 1.43 bits per heavy atom. The lowest BCUT2D eigenvalue weighted by Gasteiger charge is -2.09. The fraction of sp³-hybridized carbons (Fsp3) is 0.471. The molecule has 0 heterocycles. The molecule has 0 radical (unpaired) electrons. The third-order valence-electron chi connectivity index (χ3n) is 2.81. The lowest BCUT2D eigenvalue weighted by molar-refractivity contribution is -0.116. The number of carbonyl (C=O) groups is 1. The molecule has 0 fully saturated rings. The van der Waals surface area contributed by atoms with Gasteiger partial charge in [0.15, 0.2) is 0 Å². The highest BCUT2D eigenvalue weighted by Gasteiger charge is 2.06. The van der Waals surface area contributed by atoms with Gasteiger partial charge in [-0.3, -0.25) is 4.79 Å². The molecule has 4 heteroatoms. The smallest absolute Gasteiger partial charge is 0.224 e. The number of aryl methyl sites for hydroxylation is 1. The highest BCUT2D eigenvalue weighted by Crippen LogP contribution is 2.17. The lowest BCUT2D eigenvalue weighted by Crippen LogP contribution is -2.13. The van der Waals surface area contributed by atoms with Gasteiger partial charge in [0, 0.05) is 31.6 Å². The predicted octanol–water partition coefficient (Wildman–Crippen LogP) is 2.48. The molecular formula is C17H23NO3. The van der Waals surface area contributed by atoms with Crippen LogP contribution in [0.1, 0.15) is 37.3 Å². The number of amides is 1. The number of nitrogens with one attached hydrogen (secondary N) is 1. The molecule has 0 saturated heterocycles. The van der Waals surface area contributed by atoms with Crippen molar-refractivity contribution in [1.82, 2.24) is 0 Å². The van der Waals surface area contributed by atoms with Crippen molar-refractivity contribution in [2.24, 2.45) is 0 Å². The number of carbonyl (C=O) groups excluding carboxylic acids is 1. The van der Waals surface area contributed by atoms with Crippen molar-refractivity contribution < 1.29 is 14.6 Å². The summed E-state index contributed by atoms with van der Waals surface area (Å²) in [6, 6.07) is 5.74. The fourth-order valence-electron chi connectivity index (χ4n) is 1.78. The molecule has 0 spiro atoms. The zero-order valence-corrected chi connectivity index (χ0v) is 12.7. The van der Waals surface area contributed by atoms with E-state index in [1.165, 1.54) is 0 Å². The Kier molecular flexibility index (Phi) is 8.18. The number of hydrogen-bond donors (Lipinski definition) is 2. The first kappa shape index (κ1) is 17.2. The summed E-state index contributed by atoms with van der Waals surface area (Å²) in [4.78, 5) is 11.9. The fourth-order valence-corrected chi connectivity index (χ4v) is 1.78. The van der Waals surface area contributed by atoms with E-state index in [1.807, 2.05) is 32.0 Å². The van der Waals surface area contributed by atoms with Gasteiger partial charge in [0.25, 0.3) is 0 Å². The maximum absolute atomic E-state index is 11.9. The lowest BCUT2D eigenvalue weighted by atomic mass is 10.1. The first-order valence-corrected chi connectivity index (χ1v) is 7.25. The molecule has 0 aromatic heterocycles. The van der Waals surface area contributed by atoms with Crippen LogP contribution in [0.5, 0.6) is 0 Å². The third-order valence-corrected chi connectivity index (χ3v) is 2.81. The maximum Gasteiger partial charge on any atom is 0.224 e. The number of aliphatic hydroxyl groups is 1. The molecule has 0 aliphatic rings. The van der Waals surface area contributed by atoms with Crippen LogP contribution >= 0.6 is 0 Å². The Morgan fingerprint density at radius 3 is 2.95 bits per heavy atom. The molecule has 0 unspecified atom stereocenters. The molecule has 0 aliphatic heterocycles. The molecule has 21 heavy (non-hydrogen) atoms. The van der Waals surface area contributed by atoms with Gasteiger partial charge in [-0.1, -0.05) is 17.9 Å². The second-order valence-electron chi connectivity index (χ2n) is 4.67. The molecular weight excluding hydrogens is 266 g/mol. The number of anilines is 1. The quantitative estimate of drug-likeness (QED) is 0.599. The summed E-state index contributed by atoms with van der Waals surface area (Å²) in [6.45, 7) is 5.21. The first-order valence-electron chi connectivity index (χ1n) is 7.25. The van der Waals surface area contributed by atoms with Gasteiger partial charge < -0.3 is 15.2 Å². The summed E-state index contributed by atoms with van der Waals surface area (Å²) in [5, 5.41) is 11.7. The summed E-state index contributed by atoms with van der Waals surface area (Å²) in [7, 11) is 0. The highest BCUT2D eigenvalue weighted by atomic mass is 16.5. The van der Waals surface area contributed by atoms with Gasteiger partial charge in [0.05, 0.1) is 12.3 Å². The summed E-state index contributed by atoms with van der Waals surface area (Å²) >= 11 is 0. The van der Waals surface area contributed by atoms with Crippen molar-refractivity contribution in [3.63, 3.8) is 0 Å². The number of ether oxygens (including phenoxy) is 1. The number of aliphatic hydroxyl groups excluding tert-OH is 1. The van der Waals surface area contributed by atoms with E-state index in [1.54, 1.807) is 0 Å².